The number of anilines is 1. The molecule has 1 aliphatic rings. The number of amides is 1. The summed E-state index contributed by atoms with van der Waals surface area (Å²) in [5.74, 6) is 0.638. The number of hydrogen-bond acceptors (Lipinski definition) is 3. The number of hydrogen-bond donors (Lipinski definition) is 1. The highest BCUT2D eigenvalue weighted by Gasteiger charge is 2.23. The largest absolute Gasteiger partial charge is 0.399 e. The van der Waals surface area contributed by atoms with Gasteiger partial charge < -0.3 is 10.6 Å². The van der Waals surface area contributed by atoms with Crippen molar-refractivity contribution in [3.05, 3.63) is 23.2 Å². The van der Waals surface area contributed by atoms with E-state index in [9.17, 15) is 4.79 Å². The summed E-state index contributed by atoms with van der Waals surface area (Å²) in [6.07, 6.45) is 3.45. The lowest BCUT2D eigenvalue weighted by Gasteiger charge is -2.33. The molecule has 1 fully saturated rings. The minimum absolute atomic E-state index is 0.199. The van der Waals surface area contributed by atoms with Gasteiger partial charge in [-0.1, -0.05) is 11.6 Å². The Morgan fingerprint density at radius 2 is 2.32 bits per heavy atom. The quantitative estimate of drug-likeness (QED) is 0.687. The maximum Gasteiger partial charge on any atom is 0.233 e. The number of halogens is 1. The molecule has 1 unspecified atom stereocenters. The van der Waals surface area contributed by atoms with Gasteiger partial charge in [-0.15, -0.1) is 11.8 Å². The van der Waals surface area contributed by atoms with Crippen molar-refractivity contribution in [2.75, 3.05) is 18.0 Å². The molecule has 2 rings (SSSR count). The molecule has 0 aromatic heterocycles. The van der Waals surface area contributed by atoms with Gasteiger partial charge in [-0.25, -0.2) is 0 Å². The van der Waals surface area contributed by atoms with Crippen LogP contribution in [0.5, 0.6) is 0 Å². The Labute approximate surface area is 123 Å². The molecule has 0 aliphatic carbocycles. The van der Waals surface area contributed by atoms with Crippen LogP contribution in [0.3, 0.4) is 0 Å². The van der Waals surface area contributed by atoms with Crippen LogP contribution in [0.15, 0.2) is 23.1 Å². The highest BCUT2D eigenvalue weighted by atomic mass is 35.5. The maximum atomic E-state index is 12.2. The third-order valence-electron chi connectivity index (χ3n) is 3.43. The summed E-state index contributed by atoms with van der Waals surface area (Å²) in [6.45, 7) is 3.01. The molecule has 1 amide bonds. The van der Waals surface area contributed by atoms with E-state index in [-0.39, 0.29) is 5.91 Å². The van der Waals surface area contributed by atoms with E-state index in [1.165, 1.54) is 18.2 Å². The molecule has 2 N–H and O–H groups in total. The molecule has 0 radical (unpaired) electrons. The smallest absolute Gasteiger partial charge is 0.233 e. The number of benzene rings is 1. The van der Waals surface area contributed by atoms with Crippen molar-refractivity contribution in [1.29, 1.82) is 0 Å². The molecule has 5 heteroatoms. The van der Waals surface area contributed by atoms with E-state index in [1.807, 2.05) is 17.0 Å². The molecule has 0 spiro atoms. The number of nitrogen functional groups attached to an aromatic ring is 1. The summed E-state index contributed by atoms with van der Waals surface area (Å²) >= 11 is 7.58. The van der Waals surface area contributed by atoms with Crippen molar-refractivity contribution in [3.8, 4) is 0 Å². The van der Waals surface area contributed by atoms with Crippen LogP contribution < -0.4 is 5.73 Å². The number of piperidine rings is 1. The van der Waals surface area contributed by atoms with Crippen molar-refractivity contribution < 1.29 is 4.79 Å². The molecule has 1 atom stereocenters. The first-order chi connectivity index (χ1) is 9.08. The maximum absolute atomic E-state index is 12.2. The molecule has 1 heterocycles. The fourth-order valence-electron chi connectivity index (χ4n) is 2.33. The van der Waals surface area contributed by atoms with Gasteiger partial charge >= 0.3 is 0 Å². The Morgan fingerprint density at radius 1 is 1.53 bits per heavy atom. The van der Waals surface area contributed by atoms with E-state index in [0.29, 0.717) is 22.5 Å². The van der Waals surface area contributed by atoms with E-state index in [4.69, 9.17) is 17.3 Å². The third kappa shape index (κ3) is 3.80. The number of nitrogens with zero attached hydrogens (tertiary/aromatic N) is 1. The summed E-state index contributed by atoms with van der Waals surface area (Å²) in [5, 5.41) is 0.615. The Morgan fingerprint density at radius 3 is 3.00 bits per heavy atom. The van der Waals surface area contributed by atoms with Gasteiger partial charge in [-0.3, -0.25) is 4.79 Å². The van der Waals surface area contributed by atoms with Crippen LogP contribution in [-0.2, 0) is 4.79 Å². The number of rotatable bonds is 3. The minimum atomic E-state index is 0.199. The van der Waals surface area contributed by atoms with Crippen molar-refractivity contribution in [1.82, 2.24) is 4.90 Å². The van der Waals surface area contributed by atoms with Gasteiger partial charge in [0.2, 0.25) is 5.91 Å². The number of nitrogens with two attached hydrogens (primary N) is 1. The fraction of sp³-hybridized carbons (Fsp3) is 0.500. The summed E-state index contributed by atoms with van der Waals surface area (Å²) < 4.78 is 0. The minimum Gasteiger partial charge on any atom is -0.399 e. The SMILES string of the molecule is CC1CCCCN1C(=O)CSc1ccc(N)cc1Cl. The first-order valence-corrected chi connectivity index (χ1v) is 7.91. The topological polar surface area (TPSA) is 46.3 Å². The standard InChI is InChI=1S/C14H19ClN2OS/c1-10-4-2-3-7-17(10)14(18)9-19-13-6-5-11(16)8-12(13)15/h5-6,8,10H,2-4,7,9,16H2,1H3. The molecule has 3 nitrogen and oxygen atoms in total. The second-order valence-corrected chi connectivity index (χ2v) is 6.33. The lowest BCUT2D eigenvalue weighted by molar-refractivity contribution is -0.131. The third-order valence-corrected chi connectivity index (χ3v) is 4.91. The van der Waals surface area contributed by atoms with Crippen LogP contribution >= 0.6 is 23.4 Å². The average Bonchev–Trinajstić information content (AvgIpc) is 2.38. The molecule has 19 heavy (non-hydrogen) atoms. The van der Waals surface area contributed by atoms with Gasteiger partial charge in [0.25, 0.3) is 0 Å². The van der Waals surface area contributed by atoms with E-state index in [0.717, 1.165) is 24.3 Å². The van der Waals surface area contributed by atoms with Crippen LogP contribution in [0.25, 0.3) is 0 Å². The number of carbonyl (C=O) groups is 1. The van der Waals surface area contributed by atoms with Gasteiger partial charge in [0, 0.05) is 23.2 Å². The number of likely N-dealkylation sites (tertiary alicyclic amines) is 1. The molecule has 1 saturated heterocycles. The van der Waals surface area contributed by atoms with Gasteiger partial charge in [0.1, 0.15) is 0 Å². The molecule has 1 aliphatic heterocycles. The lowest BCUT2D eigenvalue weighted by atomic mass is 10.0. The Bertz CT molecular complexity index is 467. The zero-order chi connectivity index (χ0) is 13.8. The van der Waals surface area contributed by atoms with Gasteiger partial charge in [-0.2, -0.15) is 0 Å². The summed E-state index contributed by atoms with van der Waals surface area (Å²) in [4.78, 5) is 15.1. The van der Waals surface area contributed by atoms with Crippen LogP contribution in [0.2, 0.25) is 5.02 Å². The van der Waals surface area contributed by atoms with Gasteiger partial charge in [0.15, 0.2) is 0 Å². The predicted octanol–water partition coefficient (Wildman–Crippen LogP) is 3.42. The van der Waals surface area contributed by atoms with Crippen molar-refractivity contribution in [2.45, 2.75) is 37.1 Å². The summed E-state index contributed by atoms with van der Waals surface area (Å²) in [5.41, 5.74) is 6.29. The monoisotopic (exact) mass is 298 g/mol. The van der Waals surface area contributed by atoms with Gasteiger partial charge in [0.05, 0.1) is 10.8 Å². The van der Waals surface area contributed by atoms with E-state index < -0.39 is 0 Å². The Hall–Kier alpha value is -0.870. The van der Waals surface area contributed by atoms with E-state index in [2.05, 4.69) is 6.92 Å². The molecule has 1 aromatic rings. The normalized spacial score (nSPS) is 19.5. The van der Waals surface area contributed by atoms with Gasteiger partial charge in [-0.05, 0) is 44.4 Å². The van der Waals surface area contributed by atoms with Crippen LogP contribution in [0, 0.1) is 0 Å². The van der Waals surface area contributed by atoms with Crippen molar-refractivity contribution in [2.24, 2.45) is 0 Å². The second kappa shape index (κ2) is 6.53. The predicted molar refractivity (Wildman–Crippen MR) is 81.6 cm³/mol. The second-order valence-electron chi connectivity index (χ2n) is 4.91. The molecule has 0 bridgehead atoms. The first kappa shape index (κ1) is 14.5. The summed E-state index contributed by atoms with van der Waals surface area (Å²) in [7, 11) is 0. The van der Waals surface area contributed by atoms with Crippen molar-refractivity contribution in [3.63, 3.8) is 0 Å². The summed E-state index contributed by atoms with van der Waals surface area (Å²) in [6, 6.07) is 5.76. The van der Waals surface area contributed by atoms with Crippen LogP contribution in [0.1, 0.15) is 26.2 Å². The first-order valence-electron chi connectivity index (χ1n) is 6.55. The van der Waals surface area contributed by atoms with Crippen LogP contribution in [0.4, 0.5) is 5.69 Å². The highest BCUT2D eigenvalue weighted by molar-refractivity contribution is 8.00. The number of carbonyl (C=O) groups excluding carboxylic acids is 1. The molecular formula is C14H19ClN2OS. The Kier molecular flexibility index (Phi) is 4.99. The zero-order valence-electron chi connectivity index (χ0n) is 11.1. The van der Waals surface area contributed by atoms with Crippen molar-refractivity contribution >= 4 is 35.0 Å². The van der Waals surface area contributed by atoms with E-state index >= 15 is 0 Å². The molecule has 104 valence electrons. The average molecular weight is 299 g/mol. The Balaban J connectivity index is 1.92. The molecular weight excluding hydrogens is 280 g/mol. The fourth-order valence-corrected chi connectivity index (χ4v) is 3.48. The van der Waals surface area contributed by atoms with Crippen LogP contribution in [-0.4, -0.2) is 29.1 Å². The lowest BCUT2D eigenvalue weighted by Crippen LogP contribution is -2.42. The van der Waals surface area contributed by atoms with E-state index in [1.54, 1.807) is 6.07 Å². The molecule has 1 aromatic carbocycles. The zero-order valence-corrected chi connectivity index (χ0v) is 12.6. The number of thioether (sulfide) groups is 1. The molecule has 0 saturated carbocycles. The highest BCUT2D eigenvalue weighted by Crippen LogP contribution is 2.29.